The van der Waals surface area contributed by atoms with Crippen LogP contribution in [0.1, 0.15) is 42.7 Å². The maximum Gasteiger partial charge on any atom is 0.325 e. The van der Waals surface area contributed by atoms with E-state index in [2.05, 4.69) is 21.7 Å². The van der Waals surface area contributed by atoms with Gasteiger partial charge in [0.25, 0.3) is 5.91 Å². The molecular weight excluding hydrogens is 424 g/mol. The fourth-order valence-corrected chi connectivity index (χ4v) is 5.51. The van der Waals surface area contributed by atoms with E-state index in [0.29, 0.717) is 18.5 Å². The van der Waals surface area contributed by atoms with Crippen molar-refractivity contribution in [1.29, 1.82) is 0 Å². The molecule has 2 fully saturated rings. The van der Waals surface area contributed by atoms with Crippen LogP contribution < -0.4 is 10.6 Å². The number of carbonyl (C=O) groups excluding carboxylic acids is 3. The third-order valence-electron chi connectivity index (χ3n) is 6.20. The Morgan fingerprint density at radius 3 is 2.59 bits per heavy atom. The highest BCUT2D eigenvalue weighted by molar-refractivity contribution is 7.18. The Hall–Kier alpha value is -3.26. The second kappa shape index (κ2) is 8.35. The van der Waals surface area contributed by atoms with Crippen LogP contribution in [0.15, 0.2) is 48.5 Å². The number of para-hydroxylation sites is 1. The average Bonchev–Trinajstić information content (AvgIpc) is 3.47. The van der Waals surface area contributed by atoms with Crippen LogP contribution >= 0.6 is 11.3 Å². The molecule has 7 nitrogen and oxygen atoms in total. The maximum absolute atomic E-state index is 12.7. The summed E-state index contributed by atoms with van der Waals surface area (Å²) in [5.74, 6) is -0.413. The summed E-state index contributed by atoms with van der Waals surface area (Å²) >= 11 is 1.69. The highest BCUT2D eigenvalue weighted by atomic mass is 32.1. The normalized spacial score (nSPS) is 17.3. The maximum atomic E-state index is 12.7. The predicted molar refractivity (Wildman–Crippen MR) is 124 cm³/mol. The third kappa shape index (κ3) is 3.98. The van der Waals surface area contributed by atoms with Crippen molar-refractivity contribution in [3.05, 3.63) is 59.1 Å². The number of aromatic nitrogens is 1. The van der Waals surface area contributed by atoms with Crippen LogP contribution in [0.25, 0.3) is 10.2 Å². The second-order valence-corrected chi connectivity index (χ2v) is 9.54. The first-order valence-corrected chi connectivity index (χ1v) is 11.7. The second-order valence-electron chi connectivity index (χ2n) is 8.42. The molecule has 2 heterocycles. The Balaban J connectivity index is 1.15. The number of nitrogens with zero attached hydrogens (tertiary/aromatic N) is 2. The minimum Gasteiger partial charge on any atom is -0.326 e. The number of thiazole rings is 1. The summed E-state index contributed by atoms with van der Waals surface area (Å²) in [7, 11) is 0. The Morgan fingerprint density at radius 1 is 1.09 bits per heavy atom. The van der Waals surface area contributed by atoms with Gasteiger partial charge in [0.15, 0.2) is 0 Å². The van der Waals surface area contributed by atoms with E-state index in [1.54, 1.807) is 11.3 Å². The van der Waals surface area contributed by atoms with Gasteiger partial charge in [-0.2, -0.15) is 0 Å². The minimum atomic E-state index is -0.730. The van der Waals surface area contributed by atoms with E-state index in [1.807, 2.05) is 42.5 Å². The lowest BCUT2D eigenvalue weighted by Crippen LogP contribution is -2.44. The van der Waals surface area contributed by atoms with Crippen molar-refractivity contribution >= 4 is 45.1 Å². The summed E-state index contributed by atoms with van der Waals surface area (Å²) < 4.78 is 1.18. The molecule has 0 radical (unpaired) electrons. The molecule has 1 saturated carbocycles. The van der Waals surface area contributed by atoms with Gasteiger partial charge in [-0.25, -0.2) is 9.78 Å². The number of rotatable bonds is 6. The van der Waals surface area contributed by atoms with Crippen LogP contribution in [0.4, 0.5) is 10.5 Å². The van der Waals surface area contributed by atoms with Crippen LogP contribution in [0.3, 0.4) is 0 Å². The monoisotopic (exact) mass is 448 g/mol. The molecule has 2 aliphatic rings. The molecule has 32 heavy (non-hydrogen) atoms. The summed E-state index contributed by atoms with van der Waals surface area (Å²) in [6.45, 7) is 0.0912. The van der Waals surface area contributed by atoms with Gasteiger partial charge >= 0.3 is 6.03 Å². The number of nitrogens with one attached hydrogen (secondary N) is 2. The molecular formula is C24H24N4O3S. The largest absolute Gasteiger partial charge is 0.326 e. The lowest BCUT2D eigenvalue weighted by Gasteiger charge is -2.19. The van der Waals surface area contributed by atoms with Crippen molar-refractivity contribution in [2.24, 2.45) is 0 Å². The number of hydrogen-bond donors (Lipinski definition) is 2. The fraction of sp³-hybridized carbons (Fsp3) is 0.333. The average molecular weight is 449 g/mol. The van der Waals surface area contributed by atoms with Crippen molar-refractivity contribution in [2.45, 2.75) is 44.1 Å². The molecule has 164 valence electrons. The topological polar surface area (TPSA) is 91.4 Å². The zero-order valence-corrected chi connectivity index (χ0v) is 18.4. The smallest absolute Gasteiger partial charge is 0.325 e. The molecule has 1 aliphatic heterocycles. The van der Waals surface area contributed by atoms with Crippen LogP contribution in [0.5, 0.6) is 0 Å². The van der Waals surface area contributed by atoms with Gasteiger partial charge in [0, 0.05) is 25.1 Å². The van der Waals surface area contributed by atoms with Gasteiger partial charge in [0.05, 0.1) is 15.2 Å². The van der Waals surface area contributed by atoms with Gasteiger partial charge in [-0.15, -0.1) is 11.3 Å². The van der Waals surface area contributed by atoms with Crippen LogP contribution in [0, 0.1) is 0 Å². The summed E-state index contributed by atoms with van der Waals surface area (Å²) in [6.07, 6.45) is 4.06. The molecule has 0 bridgehead atoms. The number of carbonyl (C=O) groups is 3. The number of hydrogen-bond acceptors (Lipinski definition) is 5. The SMILES string of the molecule is O=C(CCN1C(=O)NC2(CCCC2)C1=O)Nc1ccc(Cc2nc3ccccc3s2)cc1. The van der Waals surface area contributed by atoms with Gasteiger partial charge in [-0.3, -0.25) is 14.5 Å². The molecule has 1 aliphatic carbocycles. The van der Waals surface area contributed by atoms with E-state index in [1.165, 1.54) is 9.60 Å². The molecule has 1 spiro atoms. The number of benzene rings is 2. The Morgan fingerprint density at radius 2 is 1.84 bits per heavy atom. The molecule has 4 amide bonds. The summed E-state index contributed by atoms with van der Waals surface area (Å²) in [6, 6.07) is 15.4. The van der Waals surface area contributed by atoms with E-state index >= 15 is 0 Å². The summed E-state index contributed by atoms with van der Waals surface area (Å²) in [4.78, 5) is 43.1. The molecule has 1 aromatic heterocycles. The van der Waals surface area contributed by atoms with Crippen molar-refractivity contribution in [3.8, 4) is 0 Å². The van der Waals surface area contributed by atoms with Crippen molar-refractivity contribution in [1.82, 2.24) is 15.2 Å². The molecule has 2 aromatic carbocycles. The number of fused-ring (bicyclic) bond motifs is 1. The predicted octanol–water partition coefficient (Wildman–Crippen LogP) is 4.08. The molecule has 0 atom stereocenters. The quantitative estimate of drug-likeness (QED) is 0.556. The first kappa shape index (κ1) is 20.6. The lowest BCUT2D eigenvalue weighted by atomic mass is 9.98. The van der Waals surface area contributed by atoms with E-state index in [4.69, 9.17) is 0 Å². The zero-order valence-electron chi connectivity index (χ0n) is 17.6. The third-order valence-corrected chi connectivity index (χ3v) is 7.23. The Bertz CT molecular complexity index is 1150. The first-order chi connectivity index (χ1) is 15.5. The summed E-state index contributed by atoms with van der Waals surface area (Å²) in [5, 5.41) is 6.74. The van der Waals surface area contributed by atoms with E-state index in [-0.39, 0.29) is 30.8 Å². The Kier molecular flexibility index (Phi) is 5.38. The highest BCUT2D eigenvalue weighted by Gasteiger charge is 2.52. The molecule has 3 aromatic rings. The number of anilines is 1. The van der Waals surface area contributed by atoms with Gasteiger partial charge in [0.1, 0.15) is 5.54 Å². The lowest BCUT2D eigenvalue weighted by molar-refractivity contribution is -0.131. The molecule has 8 heteroatoms. The van der Waals surface area contributed by atoms with Gasteiger partial charge in [0.2, 0.25) is 5.91 Å². The molecule has 5 rings (SSSR count). The minimum absolute atomic E-state index is 0.0721. The van der Waals surface area contributed by atoms with Crippen LogP contribution in [-0.4, -0.2) is 39.8 Å². The molecule has 2 N–H and O–H groups in total. The van der Waals surface area contributed by atoms with Crippen molar-refractivity contribution < 1.29 is 14.4 Å². The van der Waals surface area contributed by atoms with E-state index in [9.17, 15) is 14.4 Å². The van der Waals surface area contributed by atoms with Crippen molar-refractivity contribution in [3.63, 3.8) is 0 Å². The van der Waals surface area contributed by atoms with Crippen LogP contribution in [0.2, 0.25) is 0 Å². The molecule has 1 saturated heterocycles. The number of imide groups is 1. The van der Waals surface area contributed by atoms with Gasteiger partial charge < -0.3 is 10.6 Å². The standard InChI is InChI=1S/C24H24N4O3S/c29-20(11-14-28-22(30)24(27-23(28)31)12-3-4-13-24)25-17-9-7-16(8-10-17)15-21-26-18-5-1-2-6-19(18)32-21/h1-2,5-10H,3-4,11-15H2,(H,25,29)(H,27,31). The summed E-state index contributed by atoms with van der Waals surface area (Å²) in [5.41, 5.74) is 2.09. The number of urea groups is 1. The highest BCUT2D eigenvalue weighted by Crippen LogP contribution is 2.35. The zero-order chi connectivity index (χ0) is 22.1. The van der Waals surface area contributed by atoms with Crippen molar-refractivity contribution in [2.75, 3.05) is 11.9 Å². The van der Waals surface area contributed by atoms with Crippen LogP contribution in [-0.2, 0) is 16.0 Å². The van der Waals surface area contributed by atoms with Gasteiger partial charge in [-0.05, 0) is 42.7 Å². The fourth-order valence-electron chi connectivity index (χ4n) is 4.51. The number of amides is 4. The Labute approximate surface area is 189 Å². The van der Waals surface area contributed by atoms with E-state index in [0.717, 1.165) is 35.4 Å². The van der Waals surface area contributed by atoms with Gasteiger partial charge in [-0.1, -0.05) is 37.1 Å². The molecule has 0 unspecified atom stereocenters. The first-order valence-electron chi connectivity index (χ1n) is 10.9. The van der Waals surface area contributed by atoms with E-state index < -0.39 is 5.54 Å².